The number of likely N-dealkylation sites (N-methyl/N-ethyl adjacent to an activating group) is 1. The van der Waals surface area contributed by atoms with Crippen LogP contribution in [0.2, 0.25) is 0 Å². The van der Waals surface area contributed by atoms with Gasteiger partial charge in [-0.05, 0) is 14.0 Å². The molecule has 0 aliphatic carbocycles. The number of aromatic nitrogens is 7. The van der Waals surface area contributed by atoms with Gasteiger partial charge in [0.1, 0.15) is 0 Å². The van der Waals surface area contributed by atoms with Crippen LogP contribution in [0.4, 0.5) is 0 Å². The highest BCUT2D eigenvalue weighted by Crippen LogP contribution is 2.27. The molecule has 0 radical (unpaired) electrons. The van der Waals surface area contributed by atoms with E-state index in [0.29, 0.717) is 12.4 Å². The summed E-state index contributed by atoms with van der Waals surface area (Å²) in [6.07, 6.45) is 3.51. The van der Waals surface area contributed by atoms with Crippen molar-refractivity contribution in [2.45, 2.75) is 13.0 Å². The first-order valence-corrected chi connectivity index (χ1v) is 7.89. The van der Waals surface area contributed by atoms with Crippen molar-refractivity contribution >= 4 is 0 Å². The first kappa shape index (κ1) is 15.0. The van der Waals surface area contributed by atoms with E-state index in [0.717, 1.165) is 36.1 Å². The molecule has 0 bridgehead atoms. The Morgan fingerprint density at radius 3 is 2.88 bits per heavy atom. The molecule has 3 aromatic heterocycles. The minimum atomic E-state index is 0.0436. The van der Waals surface area contributed by atoms with Crippen molar-refractivity contribution in [2.24, 2.45) is 7.05 Å². The van der Waals surface area contributed by atoms with Gasteiger partial charge in [-0.2, -0.15) is 14.9 Å². The second-order valence-electron chi connectivity index (χ2n) is 6.00. The fourth-order valence-corrected chi connectivity index (χ4v) is 2.93. The number of hydrogen-bond acceptors (Lipinski definition) is 6. The summed E-state index contributed by atoms with van der Waals surface area (Å²) >= 11 is 0. The number of aryl methyl sites for hydroxylation is 2. The predicted octanol–water partition coefficient (Wildman–Crippen LogP) is 0.702. The lowest BCUT2D eigenvalue weighted by molar-refractivity contribution is 0.00102. The number of nitrogens with zero attached hydrogens (tertiary/aromatic N) is 7. The van der Waals surface area contributed by atoms with Crippen LogP contribution in [0.25, 0.3) is 17.2 Å². The number of morpholine rings is 1. The molecule has 0 unspecified atom stereocenters. The monoisotopic (exact) mass is 328 g/mol. The lowest BCUT2D eigenvalue weighted by Gasteiger charge is -2.31. The van der Waals surface area contributed by atoms with E-state index in [1.165, 1.54) is 0 Å². The van der Waals surface area contributed by atoms with Gasteiger partial charge in [-0.15, -0.1) is 5.10 Å². The first-order chi connectivity index (χ1) is 11.6. The zero-order valence-corrected chi connectivity index (χ0v) is 14.0. The Kier molecular flexibility index (Phi) is 3.66. The summed E-state index contributed by atoms with van der Waals surface area (Å²) in [4.78, 5) is 7.06. The minimum absolute atomic E-state index is 0.0436. The molecule has 1 N–H and O–H groups in total. The van der Waals surface area contributed by atoms with Gasteiger partial charge in [0.25, 0.3) is 0 Å². The largest absolute Gasteiger partial charge is 0.378 e. The summed E-state index contributed by atoms with van der Waals surface area (Å²) in [6.45, 7) is 4.16. The molecule has 1 atom stereocenters. The van der Waals surface area contributed by atoms with Gasteiger partial charge in [0.2, 0.25) is 0 Å². The van der Waals surface area contributed by atoms with Crippen LogP contribution in [-0.4, -0.2) is 66.4 Å². The molecule has 4 heterocycles. The van der Waals surface area contributed by atoms with E-state index in [4.69, 9.17) is 14.8 Å². The quantitative estimate of drug-likeness (QED) is 0.761. The molecule has 1 aliphatic heterocycles. The van der Waals surface area contributed by atoms with Gasteiger partial charge in [0, 0.05) is 25.4 Å². The second kappa shape index (κ2) is 5.84. The molecule has 24 heavy (non-hydrogen) atoms. The van der Waals surface area contributed by atoms with Crippen molar-refractivity contribution < 1.29 is 4.74 Å². The lowest BCUT2D eigenvalue weighted by atomic mass is 10.2. The lowest BCUT2D eigenvalue weighted by Crippen LogP contribution is -2.38. The minimum Gasteiger partial charge on any atom is -0.378 e. The van der Waals surface area contributed by atoms with E-state index in [1.807, 2.05) is 24.7 Å². The Balaban J connectivity index is 1.86. The molecular weight excluding hydrogens is 308 g/mol. The SMILES string of the molecule is Cc1[nH]ncc1-c1nc([C@H]2COCCN2C)n(-c2ccnn2C)n1. The maximum atomic E-state index is 5.67. The molecule has 0 aromatic carbocycles. The van der Waals surface area contributed by atoms with Crippen molar-refractivity contribution in [3.05, 3.63) is 30.0 Å². The molecule has 1 fully saturated rings. The van der Waals surface area contributed by atoms with Crippen LogP contribution in [0.15, 0.2) is 18.5 Å². The molecule has 4 rings (SSSR count). The molecule has 0 spiro atoms. The van der Waals surface area contributed by atoms with Gasteiger partial charge >= 0.3 is 0 Å². The standard InChI is InChI=1S/C15H20N8O/c1-10-11(8-16-19-10)14-18-15(12-9-24-7-6-21(12)2)23(20-14)13-4-5-17-22(13)3/h4-5,8,12H,6-7,9H2,1-3H3,(H,16,19)/t12-/m1/s1. The Hall–Kier alpha value is -2.52. The van der Waals surface area contributed by atoms with E-state index < -0.39 is 0 Å². The maximum absolute atomic E-state index is 5.67. The van der Waals surface area contributed by atoms with Crippen molar-refractivity contribution in [2.75, 3.05) is 26.8 Å². The molecule has 0 amide bonds. The molecular formula is C15H20N8O. The van der Waals surface area contributed by atoms with E-state index in [9.17, 15) is 0 Å². The van der Waals surface area contributed by atoms with Gasteiger partial charge in [-0.1, -0.05) is 0 Å². The first-order valence-electron chi connectivity index (χ1n) is 7.89. The summed E-state index contributed by atoms with van der Waals surface area (Å²) in [7, 11) is 3.98. The zero-order chi connectivity index (χ0) is 16.7. The highest BCUT2D eigenvalue weighted by Gasteiger charge is 2.29. The van der Waals surface area contributed by atoms with Crippen LogP contribution in [0, 0.1) is 6.92 Å². The average Bonchev–Trinajstić information content (AvgIpc) is 3.27. The average molecular weight is 328 g/mol. The van der Waals surface area contributed by atoms with Crippen molar-refractivity contribution in [1.82, 2.24) is 39.6 Å². The summed E-state index contributed by atoms with van der Waals surface area (Å²) in [5.41, 5.74) is 1.84. The normalized spacial score (nSPS) is 19.0. The van der Waals surface area contributed by atoms with E-state index in [1.54, 1.807) is 17.1 Å². The van der Waals surface area contributed by atoms with Crippen LogP contribution in [0.3, 0.4) is 0 Å². The molecule has 126 valence electrons. The maximum Gasteiger partial charge on any atom is 0.185 e. The van der Waals surface area contributed by atoms with E-state index in [-0.39, 0.29) is 6.04 Å². The third-order valence-electron chi connectivity index (χ3n) is 4.41. The highest BCUT2D eigenvalue weighted by atomic mass is 16.5. The van der Waals surface area contributed by atoms with Crippen LogP contribution in [0.5, 0.6) is 0 Å². The van der Waals surface area contributed by atoms with Crippen LogP contribution >= 0.6 is 0 Å². The smallest absolute Gasteiger partial charge is 0.185 e. The summed E-state index contributed by atoms with van der Waals surface area (Å²) in [6, 6.07) is 1.97. The van der Waals surface area contributed by atoms with Crippen molar-refractivity contribution in [1.29, 1.82) is 0 Å². The van der Waals surface area contributed by atoms with Gasteiger partial charge in [-0.3, -0.25) is 14.7 Å². The zero-order valence-electron chi connectivity index (χ0n) is 14.0. The molecule has 3 aromatic rings. The topological polar surface area (TPSA) is 89.7 Å². The predicted molar refractivity (Wildman–Crippen MR) is 86.6 cm³/mol. The van der Waals surface area contributed by atoms with Gasteiger partial charge < -0.3 is 4.74 Å². The number of nitrogens with one attached hydrogen (secondary N) is 1. The fourth-order valence-electron chi connectivity index (χ4n) is 2.93. The fraction of sp³-hybridized carbons (Fsp3) is 0.467. The Morgan fingerprint density at radius 2 is 2.21 bits per heavy atom. The third kappa shape index (κ3) is 2.42. The number of hydrogen-bond donors (Lipinski definition) is 1. The highest BCUT2D eigenvalue weighted by molar-refractivity contribution is 5.56. The van der Waals surface area contributed by atoms with Crippen molar-refractivity contribution in [3.63, 3.8) is 0 Å². The summed E-state index contributed by atoms with van der Waals surface area (Å²) in [5, 5.41) is 16.0. The summed E-state index contributed by atoms with van der Waals surface area (Å²) in [5.74, 6) is 2.36. The van der Waals surface area contributed by atoms with Crippen LogP contribution < -0.4 is 0 Å². The molecule has 0 saturated carbocycles. The number of H-pyrrole nitrogens is 1. The third-order valence-corrected chi connectivity index (χ3v) is 4.41. The van der Waals surface area contributed by atoms with Crippen LogP contribution in [0.1, 0.15) is 17.6 Å². The van der Waals surface area contributed by atoms with Gasteiger partial charge in [0.15, 0.2) is 17.5 Å². The number of ether oxygens (including phenoxy) is 1. The molecule has 9 nitrogen and oxygen atoms in total. The van der Waals surface area contributed by atoms with Gasteiger partial charge in [-0.25, -0.2) is 4.98 Å². The van der Waals surface area contributed by atoms with E-state index in [2.05, 4.69) is 27.2 Å². The Bertz CT molecular complexity index is 847. The van der Waals surface area contributed by atoms with Crippen molar-refractivity contribution in [3.8, 4) is 17.2 Å². The summed E-state index contributed by atoms with van der Waals surface area (Å²) < 4.78 is 9.31. The molecule has 1 aliphatic rings. The molecule has 9 heteroatoms. The second-order valence-corrected chi connectivity index (χ2v) is 6.00. The molecule has 1 saturated heterocycles. The number of aromatic amines is 1. The Labute approximate surface area is 139 Å². The van der Waals surface area contributed by atoms with E-state index >= 15 is 0 Å². The number of rotatable bonds is 3. The van der Waals surface area contributed by atoms with Crippen LogP contribution in [-0.2, 0) is 11.8 Å². The Morgan fingerprint density at radius 1 is 1.33 bits per heavy atom. The van der Waals surface area contributed by atoms with Gasteiger partial charge in [0.05, 0.1) is 37.2 Å².